The van der Waals surface area contributed by atoms with Crippen molar-refractivity contribution in [2.45, 2.75) is 45.1 Å². The van der Waals surface area contributed by atoms with Crippen LogP contribution in [0.4, 0.5) is 0 Å². The minimum absolute atomic E-state index is 0.0697. The molecule has 0 saturated heterocycles. The van der Waals surface area contributed by atoms with Gasteiger partial charge in [-0.15, -0.1) is 0 Å². The Bertz CT molecular complexity index is 170. The first-order valence-electron chi connectivity index (χ1n) is 5.28. The summed E-state index contributed by atoms with van der Waals surface area (Å²) in [7, 11) is 0. The molecule has 3 heteroatoms. The number of nitrogens with one attached hydrogen (secondary N) is 1. The number of nitrogens with two attached hydrogens (primary N) is 1. The highest BCUT2D eigenvalue weighted by Gasteiger charge is 2.28. The van der Waals surface area contributed by atoms with E-state index < -0.39 is 0 Å². The third kappa shape index (κ3) is 2.99. The molecular weight excluding hydrogens is 164 g/mol. The van der Waals surface area contributed by atoms with Gasteiger partial charge < -0.3 is 11.1 Å². The molecule has 13 heavy (non-hydrogen) atoms. The number of amides is 1. The second kappa shape index (κ2) is 5.22. The maximum atomic E-state index is 11.1. The Morgan fingerprint density at radius 2 is 2.15 bits per heavy atom. The van der Waals surface area contributed by atoms with Crippen molar-refractivity contribution < 1.29 is 4.79 Å². The first kappa shape index (κ1) is 10.5. The van der Waals surface area contributed by atoms with Crippen LogP contribution in [0.15, 0.2) is 0 Å². The molecule has 2 atom stereocenters. The summed E-state index contributed by atoms with van der Waals surface area (Å²) in [4.78, 5) is 11.1. The zero-order valence-corrected chi connectivity index (χ0v) is 8.38. The van der Waals surface area contributed by atoms with Gasteiger partial charge in [0.15, 0.2) is 0 Å². The zero-order chi connectivity index (χ0) is 9.68. The Kier molecular flexibility index (Phi) is 4.22. The fourth-order valence-electron chi connectivity index (χ4n) is 2.05. The van der Waals surface area contributed by atoms with Crippen LogP contribution in [0.2, 0.25) is 0 Å². The smallest absolute Gasteiger partial charge is 0.222 e. The molecule has 1 saturated carbocycles. The van der Waals surface area contributed by atoms with Crippen molar-refractivity contribution in [2.75, 3.05) is 6.54 Å². The SMILES string of the molecule is CCCNC1CCCCC1C(N)=O. The molecule has 0 radical (unpaired) electrons. The molecule has 76 valence electrons. The van der Waals surface area contributed by atoms with Gasteiger partial charge in [-0.1, -0.05) is 19.8 Å². The average molecular weight is 184 g/mol. The predicted octanol–water partition coefficient (Wildman–Crippen LogP) is 1.03. The number of carbonyl (C=O) groups is 1. The van der Waals surface area contributed by atoms with E-state index in [2.05, 4.69) is 12.2 Å². The van der Waals surface area contributed by atoms with Gasteiger partial charge >= 0.3 is 0 Å². The highest BCUT2D eigenvalue weighted by atomic mass is 16.1. The number of primary amides is 1. The Hall–Kier alpha value is -0.570. The summed E-state index contributed by atoms with van der Waals surface area (Å²) in [6.45, 7) is 3.13. The maximum Gasteiger partial charge on any atom is 0.222 e. The number of rotatable bonds is 4. The molecule has 1 fully saturated rings. The fraction of sp³-hybridized carbons (Fsp3) is 0.900. The second-order valence-corrected chi connectivity index (χ2v) is 3.85. The Labute approximate surface area is 80.1 Å². The van der Waals surface area contributed by atoms with Crippen molar-refractivity contribution in [2.24, 2.45) is 11.7 Å². The lowest BCUT2D eigenvalue weighted by atomic mass is 9.84. The second-order valence-electron chi connectivity index (χ2n) is 3.85. The van der Waals surface area contributed by atoms with E-state index in [0.29, 0.717) is 6.04 Å². The molecule has 0 aromatic carbocycles. The Balaban J connectivity index is 2.41. The highest BCUT2D eigenvalue weighted by Crippen LogP contribution is 2.23. The molecule has 0 spiro atoms. The van der Waals surface area contributed by atoms with Crippen LogP contribution in [0, 0.1) is 5.92 Å². The molecule has 1 aliphatic rings. The predicted molar refractivity (Wildman–Crippen MR) is 53.2 cm³/mol. The van der Waals surface area contributed by atoms with Crippen molar-refractivity contribution in [3.05, 3.63) is 0 Å². The van der Waals surface area contributed by atoms with Crippen molar-refractivity contribution in [1.29, 1.82) is 0 Å². The van der Waals surface area contributed by atoms with Gasteiger partial charge in [-0.2, -0.15) is 0 Å². The van der Waals surface area contributed by atoms with Crippen LogP contribution in [-0.4, -0.2) is 18.5 Å². The van der Waals surface area contributed by atoms with E-state index in [1.807, 2.05) is 0 Å². The van der Waals surface area contributed by atoms with E-state index in [-0.39, 0.29) is 11.8 Å². The van der Waals surface area contributed by atoms with Crippen LogP contribution in [0.1, 0.15) is 39.0 Å². The highest BCUT2D eigenvalue weighted by molar-refractivity contribution is 5.77. The van der Waals surface area contributed by atoms with Gasteiger partial charge in [-0.25, -0.2) is 0 Å². The lowest BCUT2D eigenvalue weighted by molar-refractivity contribution is -0.123. The molecular formula is C10H20N2O. The molecule has 3 N–H and O–H groups in total. The maximum absolute atomic E-state index is 11.1. The summed E-state index contributed by atoms with van der Waals surface area (Å²) >= 11 is 0. The van der Waals surface area contributed by atoms with Crippen molar-refractivity contribution in [3.63, 3.8) is 0 Å². The van der Waals surface area contributed by atoms with Gasteiger partial charge in [0.1, 0.15) is 0 Å². The first-order chi connectivity index (χ1) is 6.25. The van der Waals surface area contributed by atoms with Gasteiger partial charge in [-0.05, 0) is 25.8 Å². The van der Waals surface area contributed by atoms with Crippen LogP contribution in [0.5, 0.6) is 0 Å². The van der Waals surface area contributed by atoms with Gasteiger partial charge in [-0.3, -0.25) is 4.79 Å². The minimum Gasteiger partial charge on any atom is -0.369 e. The van der Waals surface area contributed by atoms with Gasteiger partial charge in [0.05, 0.1) is 5.92 Å². The summed E-state index contributed by atoms with van der Waals surface area (Å²) in [5, 5.41) is 3.40. The molecule has 1 rings (SSSR count). The molecule has 0 aromatic rings. The number of hydrogen-bond donors (Lipinski definition) is 2. The van der Waals surface area contributed by atoms with E-state index in [1.165, 1.54) is 6.42 Å². The number of carbonyl (C=O) groups excluding carboxylic acids is 1. The van der Waals surface area contributed by atoms with Crippen molar-refractivity contribution >= 4 is 5.91 Å². The van der Waals surface area contributed by atoms with Crippen molar-refractivity contribution in [1.82, 2.24) is 5.32 Å². The summed E-state index contributed by atoms with van der Waals surface area (Å²) in [5.74, 6) is -0.0615. The lowest BCUT2D eigenvalue weighted by Gasteiger charge is -2.29. The molecule has 2 unspecified atom stereocenters. The van der Waals surface area contributed by atoms with Gasteiger partial charge in [0.2, 0.25) is 5.91 Å². The quantitative estimate of drug-likeness (QED) is 0.685. The standard InChI is InChI=1S/C10H20N2O/c1-2-7-12-9-6-4-3-5-8(9)10(11)13/h8-9,12H,2-7H2,1H3,(H2,11,13). The van der Waals surface area contributed by atoms with Crippen LogP contribution in [0.3, 0.4) is 0 Å². The third-order valence-electron chi connectivity index (χ3n) is 2.79. The van der Waals surface area contributed by atoms with E-state index in [0.717, 1.165) is 32.2 Å². The Morgan fingerprint density at radius 3 is 2.77 bits per heavy atom. The minimum atomic E-state index is -0.131. The van der Waals surface area contributed by atoms with E-state index in [9.17, 15) is 4.79 Å². The van der Waals surface area contributed by atoms with Crippen molar-refractivity contribution in [3.8, 4) is 0 Å². The molecule has 1 aliphatic carbocycles. The molecule has 0 aromatic heterocycles. The van der Waals surface area contributed by atoms with E-state index in [1.54, 1.807) is 0 Å². The molecule has 0 bridgehead atoms. The topological polar surface area (TPSA) is 55.1 Å². The average Bonchev–Trinajstić information content (AvgIpc) is 2.15. The molecule has 0 heterocycles. The number of hydrogen-bond acceptors (Lipinski definition) is 2. The normalized spacial score (nSPS) is 28.7. The third-order valence-corrected chi connectivity index (χ3v) is 2.79. The van der Waals surface area contributed by atoms with Crippen LogP contribution in [-0.2, 0) is 4.79 Å². The van der Waals surface area contributed by atoms with Gasteiger partial charge in [0, 0.05) is 6.04 Å². The lowest BCUT2D eigenvalue weighted by Crippen LogP contribution is -2.44. The Morgan fingerprint density at radius 1 is 1.46 bits per heavy atom. The fourth-order valence-corrected chi connectivity index (χ4v) is 2.05. The summed E-state index contributed by atoms with van der Waals surface area (Å²) in [5.41, 5.74) is 5.35. The zero-order valence-electron chi connectivity index (χ0n) is 8.38. The summed E-state index contributed by atoms with van der Waals surface area (Å²) < 4.78 is 0. The molecule has 3 nitrogen and oxygen atoms in total. The van der Waals surface area contributed by atoms with Gasteiger partial charge in [0.25, 0.3) is 0 Å². The van der Waals surface area contributed by atoms with Crippen LogP contribution < -0.4 is 11.1 Å². The summed E-state index contributed by atoms with van der Waals surface area (Å²) in [6, 6.07) is 0.339. The molecule has 1 amide bonds. The van der Waals surface area contributed by atoms with E-state index >= 15 is 0 Å². The van der Waals surface area contributed by atoms with E-state index in [4.69, 9.17) is 5.73 Å². The molecule has 0 aliphatic heterocycles. The first-order valence-corrected chi connectivity index (χ1v) is 5.28. The van der Waals surface area contributed by atoms with Crippen LogP contribution in [0.25, 0.3) is 0 Å². The largest absolute Gasteiger partial charge is 0.369 e. The summed E-state index contributed by atoms with van der Waals surface area (Å²) in [6.07, 6.45) is 5.56. The monoisotopic (exact) mass is 184 g/mol. The van der Waals surface area contributed by atoms with Crippen LogP contribution >= 0.6 is 0 Å².